The lowest BCUT2D eigenvalue weighted by Crippen LogP contribution is -2.50. The van der Waals surface area contributed by atoms with Crippen LogP contribution in [-0.4, -0.2) is 45.7 Å². The molecule has 36 heavy (non-hydrogen) atoms. The molecule has 3 amide bonds. The van der Waals surface area contributed by atoms with E-state index in [9.17, 15) is 27.2 Å². The number of hydrogen-bond acceptors (Lipinski definition) is 4. The van der Waals surface area contributed by atoms with Crippen LogP contribution in [0.5, 0.6) is 11.5 Å². The molecule has 0 bridgehead atoms. The topological polar surface area (TPSA) is 92.4 Å². The van der Waals surface area contributed by atoms with Crippen molar-refractivity contribution in [3.05, 3.63) is 76.8 Å². The van der Waals surface area contributed by atoms with Crippen LogP contribution >= 0.6 is 11.6 Å². The number of aromatic nitrogens is 1. The number of amides is 3. The molecule has 0 atom stereocenters. The number of ether oxygens (including phenoxy) is 1. The largest absolute Gasteiger partial charge is 0.457 e. The van der Waals surface area contributed by atoms with E-state index in [2.05, 4.69) is 20.9 Å². The fraction of sp³-hybridized carbons (Fsp3) is 0.0952. The normalized spacial score (nSPS) is 11.5. The van der Waals surface area contributed by atoms with Crippen molar-refractivity contribution in [2.75, 3.05) is 10.6 Å². The Morgan fingerprint density at radius 2 is 1.64 bits per heavy atom. The molecule has 2 aromatic carbocycles. The van der Waals surface area contributed by atoms with E-state index >= 15 is 0 Å². The number of carbonyl (C=O) groups is 2. The quantitative estimate of drug-likeness (QED) is 0.342. The zero-order valence-electron chi connectivity index (χ0n) is 18.0. The standard InChI is InChI=1S/C21H12B3ClF4N4O3/c22-21(23,24)33-18(34)17-9-12(5-6-30-17)36-11-2-4-16(15(26)8-11)32-19(35)31-10-1-3-14(25)13(7-10)20(27,28)29/h1-9H,(H,33,34)(H2,31,32,35). The van der Waals surface area contributed by atoms with Crippen molar-refractivity contribution in [1.29, 1.82) is 0 Å². The number of nitrogens with zero attached hydrogens (tertiary/aromatic N) is 1. The van der Waals surface area contributed by atoms with E-state index in [0.29, 0.717) is 6.07 Å². The number of halogens is 5. The van der Waals surface area contributed by atoms with Gasteiger partial charge in [0.1, 0.15) is 23.0 Å². The molecule has 1 heterocycles. The van der Waals surface area contributed by atoms with Crippen LogP contribution in [0.15, 0.2) is 54.7 Å². The third kappa shape index (κ3) is 7.41. The van der Waals surface area contributed by atoms with Gasteiger partial charge in [-0.1, -0.05) is 16.8 Å². The van der Waals surface area contributed by atoms with Crippen LogP contribution in [-0.2, 0) is 6.18 Å². The maximum absolute atomic E-state index is 14.5. The fourth-order valence-corrected chi connectivity index (χ4v) is 2.99. The first kappa shape index (κ1) is 26.9. The van der Waals surface area contributed by atoms with E-state index in [-0.39, 0.29) is 28.6 Å². The summed E-state index contributed by atoms with van der Waals surface area (Å²) in [5, 5.41) is 3.93. The molecule has 1 aromatic heterocycles. The molecule has 3 aromatic rings. The number of urea groups is 1. The Balaban J connectivity index is 1.67. The summed E-state index contributed by atoms with van der Waals surface area (Å²) in [5.41, 5.74) is -1.77. The Kier molecular flexibility index (Phi) is 7.88. The molecular formula is C21H12B3ClF4N4O3. The highest BCUT2D eigenvalue weighted by Crippen LogP contribution is 2.36. The molecule has 15 heteroatoms. The van der Waals surface area contributed by atoms with Crippen LogP contribution in [0.25, 0.3) is 0 Å². The minimum atomic E-state index is -4.73. The number of carbonyl (C=O) groups excluding carboxylic acids is 2. The van der Waals surface area contributed by atoms with E-state index < -0.39 is 39.8 Å². The predicted octanol–water partition coefficient (Wildman–Crippen LogP) is 4.18. The van der Waals surface area contributed by atoms with Gasteiger partial charge in [-0.2, -0.15) is 13.2 Å². The second kappa shape index (κ2) is 10.5. The van der Waals surface area contributed by atoms with Gasteiger partial charge in [-0.3, -0.25) is 9.78 Å². The summed E-state index contributed by atoms with van der Waals surface area (Å²) in [6, 6.07) is 7.77. The summed E-state index contributed by atoms with van der Waals surface area (Å²) in [4.78, 5) is 28.0. The molecule has 0 aliphatic heterocycles. The molecule has 6 radical (unpaired) electrons. The summed E-state index contributed by atoms with van der Waals surface area (Å²) < 4.78 is 58.9. The number of pyridine rings is 1. The molecule has 0 saturated carbocycles. The summed E-state index contributed by atoms with van der Waals surface area (Å²) >= 11 is 5.54. The molecule has 0 fully saturated rings. The van der Waals surface area contributed by atoms with Crippen molar-refractivity contribution in [2.45, 2.75) is 11.4 Å². The molecule has 0 saturated heterocycles. The molecular weight excluding hydrogens is 500 g/mol. The van der Waals surface area contributed by atoms with Crippen molar-refractivity contribution < 1.29 is 31.9 Å². The first-order valence-corrected chi connectivity index (χ1v) is 10.2. The van der Waals surface area contributed by atoms with E-state index in [0.717, 1.165) is 24.3 Å². The van der Waals surface area contributed by atoms with Crippen molar-refractivity contribution in [1.82, 2.24) is 10.3 Å². The highest BCUT2D eigenvalue weighted by molar-refractivity contribution is 6.60. The van der Waals surface area contributed by atoms with Crippen LogP contribution in [0, 0.1) is 5.82 Å². The molecule has 0 unspecified atom stereocenters. The van der Waals surface area contributed by atoms with Crippen molar-refractivity contribution >= 4 is 58.5 Å². The molecule has 0 aliphatic rings. The Bertz CT molecular complexity index is 1310. The van der Waals surface area contributed by atoms with E-state index in [1.807, 2.05) is 0 Å². The highest BCUT2D eigenvalue weighted by atomic mass is 35.5. The number of benzene rings is 2. The number of rotatable bonds is 6. The Hall–Kier alpha value is -3.67. The zero-order chi connectivity index (χ0) is 26.7. The van der Waals surface area contributed by atoms with Crippen molar-refractivity contribution in [3.63, 3.8) is 0 Å². The summed E-state index contributed by atoms with van der Waals surface area (Å²) in [5.74, 6) is -1.60. The average Bonchev–Trinajstić information content (AvgIpc) is 2.75. The first-order valence-electron chi connectivity index (χ1n) is 9.78. The van der Waals surface area contributed by atoms with Gasteiger partial charge in [-0.15, -0.1) is 0 Å². The maximum Gasteiger partial charge on any atom is 0.417 e. The van der Waals surface area contributed by atoms with Crippen LogP contribution in [0.4, 0.5) is 33.7 Å². The SMILES string of the molecule is [B]C([B])([B])NC(=O)c1cc(Oc2ccc(NC(=O)Nc3ccc(Cl)c(C(F)(F)F)c3)c(F)c2)ccn1. The highest BCUT2D eigenvalue weighted by Gasteiger charge is 2.33. The summed E-state index contributed by atoms with van der Waals surface area (Å²) in [6.07, 6.45) is -3.48. The van der Waals surface area contributed by atoms with E-state index in [1.54, 1.807) is 0 Å². The first-order chi connectivity index (χ1) is 16.7. The van der Waals surface area contributed by atoms with Gasteiger partial charge < -0.3 is 20.7 Å². The van der Waals surface area contributed by atoms with Gasteiger partial charge in [-0.05, 0) is 36.4 Å². The van der Waals surface area contributed by atoms with Gasteiger partial charge in [-0.25, -0.2) is 9.18 Å². The number of hydrogen-bond donors (Lipinski definition) is 3. The Labute approximate surface area is 211 Å². The molecule has 3 N–H and O–H groups in total. The van der Waals surface area contributed by atoms with Crippen molar-refractivity contribution in [3.8, 4) is 11.5 Å². The smallest absolute Gasteiger partial charge is 0.417 e. The number of nitrogens with one attached hydrogen (secondary N) is 3. The van der Waals surface area contributed by atoms with Gasteiger partial charge in [0.25, 0.3) is 5.91 Å². The molecule has 0 spiro atoms. The third-order valence-corrected chi connectivity index (χ3v) is 4.58. The number of alkyl halides is 3. The minimum Gasteiger partial charge on any atom is -0.457 e. The second-order valence-electron chi connectivity index (χ2n) is 7.28. The van der Waals surface area contributed by atoms with Gasteiger partial charge >= 0.3 is 12.2 Å². The van der Waals surface area contributed by atoms with Crippen molar-refractivity contribution in [2.24, 2.45) is 0 Å². The lowest BCUT2D eigenvalue weighted by molar-refractivity contribution is -0.137. The maximum atomic E-state index is 14.5. The van der Waals surface area contributed by atoms with Crippen LogP contribution in [0.1, 0.15) is 16.1 Å². The third-order valence-electron chi connectivity index (χ3n) is 4.25. The van der Waals surface area contributed by atoms with E-state index in [4.69, 9.17) is 39.9 Å². The summed E-state index contributed by atoms with van der Waals surface area (Å²) in [6.45, 7) is 0. The molecule has 178 valence electrons. The Morgan fingerprint density at radius 3 is 2.28 bits per heavy atom. The fourth-order valence-electron chi connectivity index (χ4n) is 2.76. The molecule has 3 rings (SSSR count). The second-order valence-corrected chi connectivity index (χ2v) is 7.69. The van der Waals surface area contributed by atoms with Crippen LogP contribution in [0.2, 0.25) is 5.02 Å². The monoisotopic (exact) mass is 512 g/mol. The lowest BCUT2D eigenvalue weighted by Gasteiger charge is -2.21. The van der Waals surface area contributed by atoms with E-state index in [1.165, 1.54) is 24.4 Å². The van der Waals surface area contributed by atoms with Crippen LogP contribution < -0.4 is 20.7 Å². The summed E-state index contributed by atoms with van der Waals surface area (Å²) in [7, 11) is 15.9. The van der Waals surface area contributed by atoms with Gasteiger partial charge in [0, 0.05) is 24.0 Å². The van der Waals surface area contributed by atoms with Crippen LogP contribution in [0.3, 0.4) is 0 Å². The average molecular weight is 512 g/mol. The van der Waals surface area contributed by atoms with Gasteiger partial charge in [0.05, 0.1) is 39.8 Å². The number of anilines is 2. The molecule has 7 nitrogen and oxygen atoms in total. The lowest BCUT2D eigenvalue weighted by atomic mass is 9.49. The predicted molar refractivity (Wildman–Crippen MR) is 127 cm³/mol. The van der Waals surface area contributed by atoms with Gasteiger partial charge in [0.15, 0.2) is 0 Å². The van der Waals surface area contributed by atoms with Gasteiger partial charge in [0.2, 0.25) is 0 Å². The molecule has 0 aliphatic carbocycles. The zero-order valence-corrected chi connectivity index (χ0v) is 18.7. The Morgan fingerprint density at radius 1 is 0.944 bits per heavy atom. The minimum absolute atomic E-state index is 0.00522.